The maximum atomic E-state index is 12.9. The topological polar surface area (TPSA) is 20.3 Å². The lowest BCUT2D eigenvalue weighted by Gasteiger charge is -2.26. The van der Waals surface area contributed by atoms with Crippen LogP contribution in [0.2, 0.25) is 10.0 Å². The normalized spacial score (nSPS) is 10.8. The Morgan fingerprint density at radius 1 is 0.864 bits per heavy atom. The van der Waals surface area contributed by atoms with E-state index in [9.17, 15) is 4.79 Å². The lowest BCUT2D eigenvalue weighted by atomic mass is 9.90. The molecule has 0 heterocycles. The van der Waals surface area contributed by atoms with Crippen LogP contribution in [-0.4, -0.2) is 23.9 Å². The monoisotopic (exact) mass is 335 g/mol. The number of hydrogen-bond donors (Lipinski definition) is 0. The first-order chi connectivity index (χ1) is 10.6. The molecule has 0 aromatic heterocycles. The third-order valence-electron chi connectivity index (χ3n) is 3.73. The predicted molar refractivity (Wildman–Crippen MR) is 92.7 cm³/mol. The number of benzene rings is 2. The van der Waals surface area contributed by atoms with Crippen LogP contribution in [0.15, 0.2) is 48.5 Å². The Kier molecular flexibility index (Phi) is 5.87. The first kappa shape index (κ1) is 16.9. The number of amides is 1. The number of halogens is 2. The van der Waals surface area contributed by atoms with Crippen molar-refractivity contribution in [3.05, 3.63) is 69.7 Å². The van der Waals surface area contributed by atoms with Gasteiger partial charge in [0.25, 0.3) is 0 Å². The predicted octanol–water partition coefficient (Wildman–Crippen LogP) is 4.99. The van der Waals surface area contributed by atoms with E-state index in [1.165, 1.54) is 0 Å². The van der Waals surface area contributed by atoms with Gasteiger partial charge in [0.1, 0.15) is 0 Å². The second-order valence-corrected chi connectivity index (χ2v) is 5.92. The van der Waals surface area contributed by atoms with Gasteiger partial charge in [-0.25, -0.2) is 0 Å². The maximum Gasteiger partial charge on any atom is 0.234 e. The molecule has 4 heteroatoms. The van der Waals surface area contributed by atoms with Crippen LogP contribution in [0, 0.1) is 0 Å². The molecule has 0 fully saturated rings. The molecule has 0 bridgehead atoms. The molecule has 0 radical (unpaired) electrons. The molecule has 0 aliphatic rings. The molecule has 1 amide bonds. The highest BCUT2D eigenvalue weighted by Crippen LogP contribution is 2.29. The SMILES string of the molecule is CCN(CC)C(=O)C(c1ccc(Cl)cc1)c1ccc(Cl)cc1. The van der Waals surface area contributed by atoms with Crippen LogP contribution in [0.5, 0.6) is 0 Å². The highest BCUT2D eigenvalue weighted by atomic mass is 35.5. The van der Waals surface area contributed by atoms with Gasteiger partial charge in [-0.1, -0.05) is 47.5 Å². The summed E-state index contributed by atoms with van der Waals surface area (Å²) in [6, 6.07) is 14.9. The van der Waals surface area contributed by atoms with E-state index in [4.69, 9.17) is 23.2 Å². The fourth-order valence-electron chi connectivity index (χ4n) is 2.51. The largest absolute Gasteiger partial charge is 0.342 e. The fourth-order valence-corrected chi connectivity index (χ4v) is 2.76. The minimum atomic E-state index is -0.338. The number of hydrogen-bond acceptors (Lipinski definition) is 1. The van der Waals surface area contributed by atoms with Gasteiger partial charge in [-0.05, 0) is 49.2 Å². The Hall–Kier alpha value is -1.51. The first-order valence-corrected chi connectivity index (χ1v) is 8.12. The van der Waals surface area contributed by atoms with E-state index < -0.39 is 0 Å². The summed E-state index contributed by atoms with van der Waals surface area (Å²) in [5.41, 5.74) is 1.87. The standard InChI is InChI=1S/C18H19Cl2NO/c1-3-21(4-2)18(22)17(13-5-9-15(19)10-6-13)14-7-11-16(20)12-8-14/h5-12,17H,3-4H2,1-2H3. The summed E-state index contributed by atoms with van der Waals surface area (Å²) in [6.45, 7) is 5.35. The van der Waals surface area contributed by atoms with E-state index in [2.05, 4.69) is 0 Å². The third-order valence-corrected chi connectivity index (χ3v) is 4.23. The molecule has 0 aliphatic heterocycles. The number of likely N-dealkylation sites (N-methyl/N-ethyl adjacent to an activating group) is 1. The van der Waals surface area contributed by atoms with Crippen molar-refractivity contribution in [3.8, 4) is 0 Å². The summed E-state index contributed by atoms with van der Waals surface area (Å²) in [5, 5.41) is 1.32. The summed E-state index contributed by atoms with van der Waals surface area (Å²) in [4.78, 5) is 14.8. The molecule has 0 N–H and O–H groups in total. The molecule has 0 atom stereocenters. The van der Waals surface area contributed by atoms with E-state index in [1.807, 2.05) is 67.3 Å². The van der Waals surface area contributed by atoms with E-state index in [0.29, 0.717) is 23.1 Å². The Bertz CT molecular complexity index is 573. The second kappa shape index (κ2) is 7.66. The molecular weight excluding hydrogens is 317 g/mol. The lowest BCUT2D eigenvalue weighted by molar-refractivity contribution is -0.131. The summed E-state index contributed by atoms with van der Waals surface area (Å²) in [7, 11) is 0. The van der Waals surface area contributed by atoms with Crippen molar-refractivity contribution in [3.63, 3.8) is 0 Å². The van der Waals surface area contributed by atoms with Crippen LogP contribution < -0.4 is 0 Å². The average molecular weight is 336 g/mol. The number of nitrogens with zero attached hydrogens (tertiary/aromatic N) is 1. The van der Waals surface area contributed by atoms with Gasteiger partial charge in [-0.2, -0.15) is 0 Å². The lowest BCUT2D eigenvalue weighted by Crippen LogP contribution is -2.35. The molecule has 0 saturated heterocycles. The average Bonchev–Trinajstić information content (AvgIpc) is 2.52. The maximum absolute atomic E-state index is 12.9. The minimum absolute atomic E-state index is 0.0923. The van der Waals surface area contributed by atoms with Crippen molar-refractivity contribution in [2.24, 2.45) is 0 Å². The summed E-state index contributed by atoms with van der Waals surface area (Å²) in [6.07, 6.45) is 0. The molecule has 2 nitrogen and oxygen atoms in total. The summed E-state index contributed by atoms with van der Waals surface area (Å²) >= 11 is 11.9. The van der Waals surface area contributed by atoms with Crippen molar-refractivity contribution < 1.29 is 4.79 Å². The van der Waals surface area contributed by atoms with E-state index in [-0.39, 0.29) is 11.8 Å². The number of rotatable bonds is 5. The molecule has 2 aromatic carbocycles. The molecule has 116 valence electrons. The molecule has 0 saturated carbocycles. The Morgan fingerprint density at radius 3 is 1.55 bits per heavy atom. The molecule has 22 heavy (non-hydrogen) atoms. The Labute approximate surface area is 141 Å². The minimum Gasteiger partial charge on any atom is -0.342 e. The zero-order valence-electron chi connectivity index (χ0n) is 12.7. The van der Waals surface area contributed by atoms with E-state index in [0.717, 1.165) is 11.1 Å². The van der Waals surface area contributed by atoms with Gasteiger partial charge < -0.3 is 4.90 Å². The van der Waals surface area contributed by atoms with Crippen LogP contribution in [0.4, 0.5) is 0 Å². The van der Waals surface area contributed by atoms with Crippen molar-refractivity contribution in [2.75, 3.05) is 13.1 Å². The summed E-state index contributed by atoms with van der Waals surface area (Å²) < 4.78 is 0. The Morgan fingerprint density at radius 2 is 1.23 bits per heavy atom. The number of carbonyl (C=O) groups is 1. The number of carbonyl (C=O) groups excluding carboxylic acids is 1. The quantitative estimate of drug-likeness (QED) is 0.753. The molecule has 2 aromatic rings. The van der Waals surface area contributed by atoms with Crippen LogP contribution in [0.1, 0.15) is 30.9 Å². The van der Waals surface area contributed by atoms with Gasteiger partial charge in [0.2, 0.25) is 5.91 Å². The van der Waals surface area contributed by atoms with Crippen molar-refractivity contribution >= 4 is 29.1 Å². The Balaban J connectivity index is 2.46. The van der Waals surface area contributed by atoms with Gasteiger partial charge in [-0.15, -0.1) is 0 Å². The van der Waals surface area contributed by atoms with Gasteiger partial charge in [0.05, 0.1) is 5.92 Å². The fraction of sp³-hybridized carbons (Fsp3) is 0.278. The van der Waals surface area contributed by atoms with Gasteiger partial charge in [-0.3, -0.25) is 4.79 Å². The van der Waals surface area contributed by atoms with Gasteiger partial charge >= 0.3 is 0 Å². The first-order valence-electron chi connectivity index (χ1n) is 7.36. The molecule has 0 spiro atoms. The van der Waals surface area contributed by atoms with E-state index in [1.54, 1.807) is 0 Å². The van der Waals surface area contributed by atoms with Crippen LogP contribution in [-0.2, 0) is 4.79 Å². The highest BCUT2D eigenvalue weighted by Gasteiger charge is 2.26. The highest BCUT2D eigenvalue weighted by molar-refractivity contribution is 6.30. The molecule has 0 aliphatic carbocycles. The molecule has 0 unspecified atom stereocenters. The summed E-state index contributed by atoms with van der Waals surface area (Å²) in [5.74, 6) is -0.246. The van der Waals surface area contributed by atoms with Gasteiger partial charge in [0.15, 0.2) is 0 Å². The van der Waals surface area contributed by atoms with Crippen molar-refractivity contribution in [1.29, 1.82) is 0 Å². The van der Waals surface area contributed by atoms with Crippen LogP contribution >= 0.6 is 23.2 Å². The third kappa shape index (κ3) is 3.82. The zero-order valence-corrected chi connectivity index (χ0v) is 14.2. The molecular formula is C18H19Cl2NO. The van der Waals surface area contributed by atoms with Crippen LogP contribution in [0.25, 0.3) is 0 Å². The van der Waals surface area contributed by atoms with Gasteiger partial charge in [0, 0.05) is 23.1 Å². The zero-order chi connectivity index (χ0) is 16.1. The van der Waals surface area contributed by atoms with E-state index >= 15 is 0 Å². The van der Waals surface area contributed by atoms with Crippen molar-refractivity contribution in [1.82, 2.24) is 4.90 Å². The van der Waals surface area contributed by atoms with Crippen LogP contribution in [0.3, 0.4) is 0 Å². The second-order valence-electron chi connectivity index (χ2n) is 5.05. The van der Waals surface area contributed by atoms with Crippen molar-refractivity contribution in [2.45, 2.75) is 19.8 Å². The smallest absolute Gasteiger partial charge is 0.234 e. The molecule has 2 rings (SSSR count).